The average molecular weight is 695 g/mol. The fraction of sp³-hybridized carbons (Fsp3) is 0.571. The molecule has 2 saturated heterocycles. The second-order valence-electron chi connectivity index (χ2n) is 13.7. The van der Waals surface area contributed by atoms with Crippen LogP contribution < -0.4 is 26.6 Å². The summed E-state index contributed by atoms with van der Waals surface area (Å²) < 4.78 is 1.76. The highest BCUT2D eigenvalue weighted by Crippen LogP contribution is 2.22. The van der Waals surface area contributed by atoms with Gasteiger partial charge in [0.1, 0.15) is 24.2 Å². The molecule has 0 spiro atoms. The van der Waals surface area contributed by atoms with Crippen LogP contribution >= 0.6 is 0 Å². The first-order valence-corrected chi connectivity index (χ1v) is 17.1. The van der Waals surface area contributed by atoms with Gasteiger partial charge >= 0.3 is 0 Å². The fourth-order valence-electron chi connectivity index (χ4n) is 6.56. The van der Waals surface area contributed by atoms with Crippen molar-refractivity contribution in [1.29, 1.82) is 0 Å². The van der Waals surface area contributed by atoms with Gasteiger partial charge in [-0.25, -0.2) is 0 Å². The number of nitrogens with one attached hydrogen (secondary N) is 5. The fourth-order valence-corrected chi connectivity index (χ4v) is 6.56. The molecule has 0 unspecified atom stereocenters. The van der Waals surface area contributed by atoms with Gasteiger partial charge in [-0.2, -0.15) is 5.10 Å². The minimum absolute atomic E-state index is 0.0209. The molecule has 6 N–H and O–H groups in total. The van der Waals surface area contributed by atoms with E-state index in [0.29, 0.717) is 12.0 Å². The maximum atomic E-state index is 13.9. The lowest BCUT2D eigenvalue weighted by Gasteiger charge is -2.30. The van der Waals surface area contributed by atoms with Gasteiger partial charge in [0.15, 0.2) is 0 Å². The van der Waals surface area contributed by atoms with Gasteiger partial charge in [0.2, 0.25) is 35.4 Å². The highest BCUT2D eigenvalue weighted by atomic mass is 16.3. The van der Waals surface area contributed by atoms with Crippen LogP contribution in [0.4, 0.5) is 0 Å². The number of aliphatic hydroxyl groups excluding tert-OH is 1. The molecule has 2 fully saturated rings. The normalized spacial score (nSPS) is 25.4. The van der Waals surface area contributed by atoms with Gasteiger partial charge in [0.05, 0.1) is 24.8 Å². The summed E-state index contributed by atoms with van der Waals surface area (Å²) in [5.74, 6) is -3.41. The molecule has 0 saturated carbocycles. The number of nitrogens with zero attached hydrogens (tertiary/aromatic N) is 3. The molecule has 0 radical (unpaired) electrons. The maximum Gasteiger partial charge on any atom is 0.248 e. The van der Waals surface area contributed by atoms with Crippen molar-refractivity contribution in [3.8, 4) is 0 Å². The minimum Gasteiger partial charge on any atom is -0.394 e. The molecule has 0 aliphatic carbocycles. The molecule has 2 aliphatic heterocycles. The molecular formula is C35H50N8O7. The van der Waals surface area contributed by atoms with E-state index in [-0.39, 0.29) is 44.1 Å². The van der Waals surface area contributed by atoms with E-state index < -0.39 is 72.4 Å². The van der Waals surface area contributed by atoms with Gasteiger partial charge in [0, 0.05) is 31.7 Å². The maximum absolute atomic E-state index is 13.9. The van der Waals surface area contributed by atoms with Crippen LogP contribution in [0.15, 0.2) is 30.3 Å². The zero-order valence-electron chi connectivity index (χ0n) is 29.6. The Hall–Kier alpha value is -4.79. The van der Waals surface area contributed by atoms with Crippen LogP contribution in [0.25, 0.3) is 0 Å². The number of hydrogen-bond donors (Lipinski definition) is 6. The number of aryl methyl sites for hydroxylation is 2. The van der Waals surface area contributed by atoms with Crippen molar-refractivity contribution in [3.05, 3.63) is 52.8 Å². The van der Waals surface area contributed by atoms with Crippen molar-refractivity contribution >= 4 is 35.4 Å². The van der Waals surface area contributed by atoms with E-state index in [9.17, 15) is 33.9 Å². The highest BCUT2D eigenvalue weighted by molar-refractivity contribution is 5.96. The molecule has 0 bridgehead atoms. The van der Waals surface area contributed by atoms with Gasteiger partial charge < -0.3 is 36.6 Å². The lowest BCUT2D eigenvalue weighted by atomic mass is 10.00. The zero-order valence-corrected chi connectivity index (χ0v) is 29.6. The Morgan fingerprint density at radius 1 is 0.980 bits per heavy atom. The molecule has 2 aromatic rings. The summed E-state index contributed by atoms with van der Waals surface area (Å²) in [6, 6.07) is 2.86. The van der Waals surface area contributed by atoms with Gasteiger partial charge in [-0.15, -0.1) is 0 Å². The number of amides is 6. The summed E-state index contributed by atoms with van der Waals surface area (Å²) in [6.07, 6.45) is 0.711. The Kier molecular flexibility index (Phi) is 12.7. The van der Waals surface area contributed by atoms with Crippen molar-refractivity contribution < 1.29 is 33.9 Å². The number of aliphatic hydroxyl groups is 1. The van der Waals surface area contributed by atoms with Crippen molar-refractivity contribution in [2.75, 3.05) is 13.2 Å². The van der Waals surface area contributed by atoms with Crippen LogP contribution in [-0.2, 0) is 42.2 Å². The van der Waals surface area contributed by atoms with Gasteiger partial charge in [-0.05, 0) is 57.1 Å². The van der Waals surface area contributed by atoms with E-state index in [4.69, 9.17) is 0 Å². The van der Waals surface area contributed by atoms with Crippen LogP contribution in [0, 0.1) is 19.8 Å². The van der Waals surface area contributed by atoms with E-state index in [0.717, 1.165) is 17.0 Å². The summed E-state index contributed by atoms with van der Waals surface area (Å²) in [5, 5.41) is 28.4. The third kappa shape index (κ3) is 9.46. The smallest absolute Gasteiger partial charge is 0.248 e. The van der Waals surface area contributed by atoms with E-state index in [2.05, 4.69) is 31.7 Å². The van der Waals surface area contributed by atoms with Crippen LogP contribution in [0.2, 0.25) is 0 Å². The molecule has 272 valence electrons. The lowest BCUT2D eigenvalue weighted by molar-refractivity contribution is -0.143. The van der Waals surface area contributed by atoms with Gasteiger partial charge in [0.25, 0.3) is 0 Å². The molecule has 15 nitrogen and oxygen atoms in total. The molecular weight excluding hydrogens is 644 g/mol. The third-order valence-electron chi connectivity index (χ3n) is 9.33. The standard InChI is InChI=1S/C35H50N8O7/c1-19(2)14-27-33(48)40-28(18-44)35(50)43-17-24(37-30(45)13-12-25-20(3)41-42(6)22(25)5)15-29(43)34(49)36-21(4)32(47)39-26(16-31(46)38-27)23-10-8-7-9-11-23/h7-11,19,21,24,26-29,44H,12-18H2,1-6H3,(H,36,49)(H,37,45)(H,38,46)(H,39,47)(H,40,48)/t21-,24-,26+,27-,28+,29-/m0/s1. The first-order chi connectivity index (χ1) is 23.7. The number of fused-ring (bicyclic) bond motifs is 1. The number of carbonyl (C=O) groups excluding carboxylic acids is 6. The molecule has 6 amide bonds. The summed E-state index contributed by atoms with van der Waals surface area (Å²) in [5.41, 5.74) is 3.42. The third-order valence-corrected chi connectivity index (χ3v) is 9.33. The first-order valence-electron chi connectivity index (χ1n) is 17.1. The molecule has 2 aliphatic rings. The second kappa shape index (κ2) is 16.7. The van der Waals surface area contributed by atoms with Crippen LogP contribution in [0.1, 0.15) is 75.0 Å². The quantitative estimate of drug-likeness (QED) is 0.219. The highest BCUT2D eigenvalue weighted by Gasteiger charge is 2.43. The van der Waals surface area contributed by atoms with Gasteiger partial charge in [-0.1, -0.05) is 44.2 Å². The summed E-state index contributed by atoms with van der Waals surface area (Å²) in [6.45, 7) is 8.23. The van der Waals surface area contributed by atoms with Crippen molar-refractivity contribution in [2.45, 2.75) is 103 Å². The van der Waals surface area contributed by atoms with Crippen LogP contribution in [0.5, 0.6) is 0 Å². The Balaban J connectivity index is 1.59. The zero-order chi connectivity index (χ0) is 36.7. The number of rotatable bonds is 8. The molecule has 3 heterocycles. The minimum atomic E-state index is -1.43. The number of benzene rings is 1. The largest absolute Gasteiger partial charge is 0.394 e. The molecule has 4 rings (SSSR count). The Morgan fingerprint density at radius 3 is 2.30 bits per heavy atom. The Labute approximate surface area is 292 Å². The lowest BCUT2D eigenvalue weighted by Crippen LogP contribution is -2.59. The SMILES string of the molecule is Cc1nn(C)c(C)c1CCC(=O)N[C@H]1C[C@H]2C(=O)N[C@@H](C)C(=O)N[C@@H](c3ccccc3)CC(=O)N[C@@H](CC(C)C)C(=O)N[C@H](CO)C(=O)N2C1. The second-order valence-corrected chi connectivity index (χ2v) is 13.7. The van der Waals surface area contributed by atoms with E-state index in [1.54, 1.807) is 35.0 Å². The van der Waals surface area contributed by atoms with Gasteiger partial charge in [-0.3, -0.25) is 33.4 Å². The number of carbonyl (C=O) groups is 6. The Bertz CT molecular complexity index is 1580. The summed E-state index contributed by atoms with van der Waals surface area (Å²) >= 11 is 0. The number of hydrogen-bond acceptors (Lipinski definition) is 8. The van der Waals surface area contributed by atoms with Crippen molar-refractivity contribution in [1.82, 2.24) is 41.3 Å². The van der Waals surface area contributed by atoms with Crippen molar-refractivity contribution in [2.24, 2.45) is 13.0 Å². The van der Waals surface area contributed by atoms with E-state index >= 15 is 0 Å². The molecule has 15 heteroatoms. The Morgan fingerprint density at radius 2 is 1.68 bits per heavy atom. The molecule has 50 heavy (non-hydrogen) atoms. The molecule has 6 atom stereocenters. The molecule has 1 aromatic heterocycles. The average Bonchev–Trinajstić information content (AvgIpc) is 3.59. The van der Waals surface area contributed by atoms with E-state index in [1.807, 2.05) is 34.7 Å². The monoisotopic (exact) mass is 694 g/mol. The first kappa shape index (κ1) is 38.0. The number of aromatic nitrogens is 2. The summed E-state index contributed by atoms with van der Waals surface area (Å²) in [4.78, 5) is 82.2. The van der Waals surface area contributed by atoms with E-state index in [1.165, 1.54) is 11.8 Å². The van der Waals surface area contributed by atoms with Crippen molar-refractivity contribution in [3.63, 3.8) is 0 Å². The molecule has 1 aromatic carbocycles. The predicted octanol–water partition coefficient (Wildman–Crippen LogP) is -0.171. The summed E-state index contributed by atoms with van der Waals surface area (Å²) in [7, 11) is 1.84. The predicted molar refractivity (Wildman–Crippen MR) is 183 cm³/mol. The van der Waals surface area contributed by atoms with Crippen LogP contribution in [0.3, 0.4) is 0 Å². The van der Waals surface area contributed by atoms with Crippen LogP contribution in [-0.4, -0.2) is 98.6 Å². The topological polar surface area (TPSA) is 204 Å².